The monoisotopic (exact) mass is 294 g/mol. The molecule has 0 bridgehead atoms. The van der Waals surface area contributed by atoms with E-state index in [-0.39, 0.29) is 0 Å². The molecule has 1 aromatic carbocycles. The van der Waals surface area contributed by atoms with Crippen molar-refractivity contribution in [1.29, 1.82) is 0 Å². The fourth-order valence-corrected chi connectivity index (χ4v) is 3.10. The van der Waals surface area contributed by atoms with Crippen LogP contribution in [0.25, 0.3) is 0 Å². The number of rotatable bonds is 5. The van der Waals surface area contributed by atoms with Gasteiger partial charge in [-0.05, 0) is 24.0 Å². The van der Waals surface area contributed by atoms with E-state index in [0.717, 1.165) is 38.6 Å². The molecule has 0 amide bonds. The minimum absolute atomic E-state index is 0.509. The van der Waals surface area contributed by atoms with Gasteiger partial charge in [0.05, 0.1) is 0 Å². The summed E-state index contributed by atoms with van der Waals surface area (Å²) in [4.78, 5) is 5.03. The van der Waals surface area contributed by atoms with Crippen LogP contribution in [0, 0.1) is 0 Å². The Morgan fingerprint density at radius 2 is 1.50 bits per heavy atom. The van der Waals surface area contributed by atoms with Crippen molar-refractivity contribution in [3.8, 4) is 0 Å². The zero-order valence-corrected chi connectivity index (χ0v) is 13.7. The summed E-state index contributed by atoms with van der Waals surface area (Å²) in [6, 6.07) is 9.66. The lowest BCUT2D eigenvalue weighted by atomic mass is 9.99. The van der Waals surface area contributed by atoms with Crippen LogP contribution in [0.15, 0.2) is 24.3 Å². The van der Waals surface area contributed by atoms with Gasteiger partial charge >= 0.3 is 0 Å². The van der Waals surface area contributed by atoms with Crippen molar-refractivity contribution in [3.05, 3.63) is 35.4 Å². The Morgan fingerprint density at radius 3 is 2.00 bits per heavy atom. The number of nitrogens with zero attached hydrogens (tertiary/aromatic N) is 2. The lowest BCUT2D eigenvalue weighted by Crippen LogP contribution is -2.47. The first-order valence-corrected chi connectivity index (χ1v) is 8.27. The third-order valence-corrected chi connectivity index (χ3v) is 4.61. The summed E-state index contributed by atoms with van der Waals surface area (Å²) in [6.07, 6.45) is 0. The third-order valence-electron chi connectivity index (χ3n) is 4.44. The van der Waals surface area contributed by atoms with E-state index in [1.807, 2.05) is 0 Å². The summed E-state index contributed by atoms with van der Waals surface area (Å²) < 4.78 is 0. The number of hydrogen-bond acceptors (Lipinski definition) is 2. The van der Waals surface area contributed by atoms with Gasteiger partial charge in [0.2, 0.25) is 0 Å². The number of halogens is 1. The summed E-state index contributed by atoms with van der Waals surface area (Å²) >= 11 is 5.81. The van der Waals surface area contributed by atoms with Gasteiger partial charge < -0.3 is 0 Å². The van der Waals surface area contributed by atoms with E-state index in [9.17, 15) is 0 Å². The van der Waals surface area contributed by atoms with Gasteiger partial charge in [0.15, 0.2) is 0 Å². The number of alkyl halides is 1. The molecule has 0 N–H and O–H groups in total. The Bertz CT molecular complexity index is 394. The highest BCUT2D eigenvalue weighted by Crippen LogP contribution is 2.23. The van der Waals surface area contributed by atoms with Crippen LogP contribution >= 0.6 is 11.6 Å². The lowest BCUT2D eigenvalue weighted by Gasteiger charge is -2.38. The largest absolute Gasteiger partial charge is 0.300 e. The van der Waals surface area contributed by atoms with Gasteiger partial charge in [-0.2, -0.15) is 0 Å². The van der Waals surface area contributed by atoms with Crippen molar-refractivity contribution in [2.45, 2.75) is 32.7 Å². The zero-order valence-electron chi connectivity index (χ0n) is 13.0. The van der Waals surface area contributed by atoms with Crippen LogP contribution in [0.4, 0.5) is 0 Å². The zero-order chi connectivity index (χ0) is 14.5. The van der Waals surface area contributed by atoms with Crippen molar-refractivity contribution in [3.63, 3.8) is 0 Å². The van der Waals surface area contributed by atoms with E-state index in [4.69, 9.17) is 11.6 Å². The van der Waals surface area contributed by atoms with Crippen molar-refractivity contribution in [2.75, 3.05) is 38.6 Å². The van der Waals surface area contributed by atoms with Crippen molar-refractivity contribution in [1.82, 2.24) is 9.80 Å². The van der Waals surface area contributed by atoms with Crippen LogP contribution < -0.4 is 0 Å². The second kappa shape index (κ2) is 7.44. The normalized spacial score (nSPS) is 19.4. The molecule has 2 nitrogen and oxygen atoms in total. The molecule has 1 heterocycles. The molecule has 1 fully saturated rings. The molecule has 2 rings (SSSR count). The molecule has 3 heteroatoms. The van der Waals surface area contributed by atoms with Crippen LogP contribution in [-0.4, -0.2) is 48.4 Å². The minimum atomic E-state index is 0.509. The molecule has 0 aromatic heterocycles. The summed E-state index contributed by atoms with van der Waals surface area (Å²) in [5.41, 5.74) is 2.85. The summed E-state index contributed by atoms with van der Waals surface area (Å²) in [7, 11) is 0. The van der Waals surface area contributed by atoms with Crippen molar-refractivity contribution < 1.29 is 0 Å². The van der Waals surface area contributed by atoms with Crippen LogP contribution in [-0.2, 0) is 0 Å². The molecule has 1 aliphatic rings. The highest BCUT2D eigenvalue weighted by molar-refractivity contribution is 6.18. The topological polar surface area (TPSA) is 6.48 Å². The molecule has 1 unspecified atom stereocenters. The Kier molecular flexibility index (Phi) is 5.88. The molecular formula is C17H27ClN2. The Hall–Kier alpha value is -0.570. The molecule has 112 valence electrons. The van der Waals surface area contributed by atoms with E-state index in [1.54, 1.807) is 0 Å². The van der Waals surface area contributed by atoms with Crippen molar-refractivity contribution >= 4 is 11.6 Å². The maximum Gasteiger partial charge on any atom is 0.0351 e. The van der Waals surface area contributed by atoms with Gasteiger partial charge in [-0.25, -0.2) is 0 Å². The number of piperazine rings is 1. The molecular weight excluding hydrogens is 268 g/mol. The minimum Gasteiger partial charge on any atom is -0.300 e. The summed E-state index contributed by atoms with van der Waals surface area (Å²) in [5, 5.41) is 0. The summed E-state index contributed by atoms with van der Waals surface area (Å²) in [5.74, 6) is 1.35. The van der Waals surface area contributed by atoms with E-state index in [0.29, 0.717) is 12.0 Å². The molecule has 0 spiro atoms. The maximum atomic E-state index is 5.81. The summed E-state index contributed by atoms with van der Waals surface area (Å²) in [6.45, 7) is 12.4. The van der Waals surface area contributed by atoms with E-state index >= 15 is 0 Å². The molecule has 1 aliphatic heterocycles. The molecule has 1 saturated heterocycles. The first-order chi connectivity index (χ1) is 9.61. The second-order valence-electron chi connectivity index (χ2n) is 6.06. The number of benzene rings is 1. The number of hydrogen-bond donors (Lipinski definition) is 0. The van der Waals surface area contributed by atoms with Crippen LogP contribution in [0.1, 0.15) is 43.9 Å². The Balaban J connectivity index is 1.93. The Morgan fingerprint density at radius 1 is 0.950 bits per heavy atom. The standard InChI is InChI=1S/C17H27ClN2/c1-14(2)16-4-6-17(7-5-16)15(3)20-12-10-19(9-8-18)11-13-20/h4-7,14-15H,8-13H2,1-3H3. The van der Waals surface area contributed by atoms with E-state index < -0.39 is 0 Å². The maximum absolute atomic E-state index is 5.81. The SMILES string of the molecule is CC(C)c1ccc(C(C)N2CCN(CCCl)CC2)cc1. The molecule has 0 saturated carbocycles. The van der Waals surface area contributed by atoms with Gasteiger partial charge in [-0.3, -0.25) is 9.80 Å². The second-order valence-corrected chi connectivity index (χ2v) is 6.44. The first kappa shape index (κ1) is 15.8. The van der Waals surface area contributed by atoms with Crippen LogP contribution in [0.3, 0.4) is 0 Å². The Labute approximate surface area is 128 Å². The smallest absolute Gasteiger partial charge is 0.0351 e. The lowest BCUT2D eigenvalue weighted by molar-refractivity contribution is 0.106. The molecule has 0 radical (unpaired) electrons. The van der Waals surface area contributed by atoms with Crippen molar-refractivity contribution in [2.24, 2.45) is 0 Å². The predicted octanol–water partition coefficient (Wildman–Crippen LogP) is 3.73. The average molecular weight is 295 g/mol. The third kappa shape index (κ3) is 3.97. The fourth-order valence-electron chi connectivity index (χ4n) is 2.86. The fraction of sp³-hybridized carbons (Fsp3) is 0.647. The van der Waals surface area contributed by atoms with Gasteiger partial charge in [-0.1, -0.05) is 38.1 Å². The van der Waals surface area contributed by atoms with Gasteiger partial charge in [0, 0.05) is 44.6 Å². The quantitative estimate of drug-likeness (QED) is 0.764. The molecule has 0 aliphatic carbocycles. The first-order valence-electron chi connectivity index (χ1n) is 7.74. The average Bonchev–Trinajstić information content (AvgIpc) is 2.48. The van der Waals surface area contributed by atoms with E-state index in [2.05, 4.69) is 54.8 Å². The van der Waals surface area contributed by atoms with Gasteiger partial charge in [0.1, 0.15) is 0 Å². The van der Waals surface area contributed by atoms with Gasteiger partial charge in [-0.15, -0.1) is 11.6 Å². The van der Waals surface area contributed by atoms with E-state index in [1.165, 1.54) is 11.1 Å². The van der Waals surface area contributed by atoms with Gasteiger partial charge in [0.25, 0.3) is 0 Å². The predicted molar refractivity (Wildman–Crippen MR) is 87.7 cm³/mol. The highest BCUT2D eigenvalue weighted by atomic mass is 35.5. The van der Waals surface area contributed by atoms with Crippen LogP contribution in [0.2, 0.25) is 0 Å². The molecule has 1 atom stereocenters. The molecule has 20 heavy (non-hydrogen) atoms. The van der Waals surface area contributed by atoms with Crippen LogP contribution in [0.5, 0.6) is 0 Å². The highest BCUT2D eigenvalue weighted by Gasteiger charge is 2.21. The molecule has 1 aromatic rings.